The zero-order valence-corrected chi connectivity index (χ0v) is 19.0. The van der Waals surface area contributed by atoms with Crippen molar-refractivity contribution in [1.82, 2.24) is 0 Å². The maximum Gasteiger partial charge on any atom is 0.494 e. The minimum atomic E-state index is -0.439. The van der Waals surface area contributed by atoms with Crippen molar-refractivity contribution in [3.05, 3.63) is 29.8 Å². The van der Waals surface area contributed by atoms with Crippen molar-refractivity contribution >= 4 is 18.6 Å². The first-order valence-electron chi connectivity index (χ1n) is 11.2. The van der Waals surface area contributed by atoms with Gasteiger partial charge < -0.3 is 14.0 Å². The molecule has 0 unspecified atom stereocenters. The van der Waals surface area contributed by atoms with E-state index in [-0.39, 0.29) is 30.4 Å². The van der Waals surface area contributed by atoms with Crippen LogP contribution in [-0.4, -0.2) is 30.4 Å². The highest BCUT2D eigenvalue weighted by Crippen LogP contribution is 2.36. The molecule has 2 aliphatic rings. The van der Waals surface area contributed by atoms with E-state index in [1.165, 1.54) is 18.4 Å². The number of rotatable bonds is 7. The van der Waals surface area contributed by atoms with Crippen LogP contribution in [0.5, 0.6) is 0 Å². The van der Waals surface area contributed by atoms with Gasteiger partial charge in [0.1, 0.15) is 6.10 Å². The summed E-state index contributed by atoms with van der Waals surface area (Å²) in [7, 11) is -0.335. The molecule has 0 aromatic heterocycles. The number of hydrogen-bond donors (Lipinski definition) is 0. The van der Waals surface area contributed by atoms with Crippen LogP contribution in [-0.2, 0) is 25.3 Å². The molecule has 0 amide bonds. The lowest BCUT2D eigenvalue weighted by Crippen LogP contribution is -2.41. The van der Waals surface area contributed by atoms with Gasteiger partial charge >= 0.3 is 13.1 Å². The lowest BCUT2D eigenvalue weighted by atomic mass is 9.78. The van der Waals surface area contributed by atoms with Crippen molar-refractivity contribution in [1.29, 1.82) is 0 Å². The highest BCUT2D eigenvalue weighted by molar-refractivity contribution is 6.62. The fraction of sp³-hybridized carbons (Fsp3) is 0.708. The lowest BCUT2D eigenvalue weighted by molar-refractivity contribution is -0.159. The average Bonchev–Trinajstić information content (AvgIpc) is 3.21. The Morgan fingerprint density at radius 1 is 1.14 bits per heavy atom. The van der Waals surface area contributed by atoms with Gasteiger partial charge in [-0.2, -0.15) is 0 Å². The largest absolute Gasteiger partial charge is 0.494 e. The highest BCUT2D eigenvalue weighted by Gasteiger charge is 2.51. The van der Waals surface area contributed by atoms with E-state index in [0.29, 0.717) is 0 Å². The number of ether oxygens (including phenoxy) is 1. The van der Waals surface area contributed by atoms with Crippen LogP contribution in [0.1, 0.15) is 85.6 Å². The van der Waals surface area contributed by atoms with Crippen molar-refractivity contribution < 1.29 is 18.8 Å². The first kappa shape index (κ1) is 22.4. The van der Waals surface area contributed by atoms with E-state index >= 15 is 0 Å². The second kappa shape index (κ2) is 8.43. The summed E-state index contributed by atoms with van der Waals surface area (Å²) in [6, 6.07) is 8.44. The monoisotopic (exact) mass is 400 g/mol. The highest BCUT2D eigenvalue weighted by atomic mass is 16.7. The lowest BCUT2D eigenvalue weighted by Gasteiger charge is -2.32. The zero-order valence-electron chi connectivity index (χ0n) is 19.0. The molecule has 3 rings (SSSR count). The van der Waals surface area contributed by atoms with E-state index in [4.69, 9.17) is 14.0 Å². The Labute approximate surface area is 176 Å². The summed E-state index contributed by atoms with van der Waals surface area (Å²) in [4.78, 5) is 12.6. The molecular weight excluding hydrogens is 363 g/mol. The van der Waals surface area contributed by atoms with Crippen LogP contribution in [0.2, 0.25) is 0 Å². The SMILES string of the molecule is CC(C)(CCCc1cccc(B2OC(C)(C)C(C)(C)O2)c1)C(=O)OC1CCCC1. The molecule has 5 heteroatoms. The van der Waals surface area contributed by atoms with Crippen LogP contribution in [0.25, 0.3) is 0 Å². The summed E-state index contributed by atoms with van der Waals surface area (Å²) in [5, 5.41) is 0. The Morgan fingerprint density at radius 3 is 2.38 bits per heavy atom. The molecule has 2 fully saturated rings. The molecule has 29 heavy (non-hydrogen) atoms. The van der Waals surface area contributed by atoms with E-state index in [1.54, 1.807) is 0 Å². The first-order valence-corrected chi connectivity index (χ1v) is 11.2. The van der Waals surface area contributed by atoms with Crippen LogP contribution < -0.4 is 5.46 Å². The van der Waals surface area contributed by atoms with E-state index in [0.717, 1.165) is 37.6 Å². The molecule has 1 heterocycles. The van der Waals surface area contributed by atoms with Gasteiger partial charge in [-0.05, 0) is 97.5 Å². The zero-order chi connectivity index (χ0) is 21.3. The summed E-state index contributed by atoms with van der Waals surface area (Å²) in [6.07, 6.45) is 7.22. The molecule has 0 atom stereocenters. The summed E-state index contributed by atoms with van der Waals surface area (Å²) < 4.78 is 18.1. The van der Waals surface area contributed by atoms with E-state index in [1.807, 2.05) is 13.8 Å². The Kier molecular flexibility index (Phi) is 6.50. The molecule has 0 bridgehead atoms. The van der Waals surface area contributed by atoms with Gasteiger partial charge in [-0.1, -0.05) is 24.3 Å². The molecule has 1 aromatic carbocycles. The third kappa shape index (κ3) is 5.24. The molecule has 4 nitrogen and oxygen atoms in total. The standard InChI is InChI=1S/C24H37BO4/c1-22(2,21(26)27-20-14-7-8-15-20)16-10-12-18-11-9-13-19(17-18)25-28-23(3,4)24(5,6)29-25/h9,11,13,17,20H,7-8,10,12,14-16H2,1-6H3. The van der Waals surface area contributed by atoms with Crippen molar-refractivity contribution in [2.75, 3.05) is 0 Å². The minimum Gasteiger partial charge on any atom is -0.462 e. The van der Waals surface area contributed by atoms with E-state index in [9.17, 15) is 4.79 Å². The Balaban J connectivity index is 1.53. The van der Waals surface area contributed by atoms with Crippen LogP contribution in [0, 0.1) is 5.41 Å². The van der Waals surface area contributed by atoms with E-state index < -0.39 is 5.41 Å². The smallest absolute Gasteiger partial charge is 0.462 e. The van der Waals surface area contributed by atoms with Crippen molar-refractivity contribution in [2.24, 2.45) is 5.41 Å². The molecule has 0 spiro atoms. The predicted molar refractivity (Wildman–Crippen MR) is 117 cm³/mol. The quantitative estimate of drug-likeness (QED) is 0.486. The van der Waals surface area contributed by atoms with Crippen LogP contribution in [0.15, 0.2) is 24.3 Å². The Hall–Kier alpha value is -1.33. The number of carbonyl (C=O) groups excluding carboxylic acids is 1. The molecule has 1 saturated heterocycles. The second-order valence-electron chi connectivity index (χ2n) is 10.4. The van der Waals surface area contributed by atoms with Gasteiger partial charge in [-0.15, -0.1) is 0 Å². The van der Waals surface area contributed by atoms with Crippen LogP contribution >= 0.6 is 0 Å². The number of esters is 1. The van der Waals surface area contributed by atoms with Gasteiger partial charge in [0.2, 0.25) is 0 Å². The summed E-state index contributed by atoms with van der Waals surface area (Å²) in [5.74, 6) is -0.0460. The van der Waals surface area contributed by atoms with Gasteiger partial charge in [-0.3, -0.25) is 4.79 Å². The molecule has 1 aliphatic heterocycles. The molecule has 1 saturated carbocycles. The fourth-order valence-corrected chi connectivity index (χ4v) is 4.03. The number of benzene rings is 1. The number of hydrogen-bond acceptors (Lipinski definition) is 4. The van der Waals surface area contributed by atoms with Gasteiger partial charge in [0, 0.05) is 0 Å². The van der Waals surface area contributed by atoms with Crippen LogP contribution in [0.3, 0.4) is 0 Å². The van der Waals surface area contributed by atoms with Gasteiger partial charge in [-0.25, -0.2) is 0 Å². The maximum atomic E-state index is 12.6. The average molecular weight is 400 g/mol. The molecule has 0 radical (unpaired) electrons. The molecule has 0 N–H and O–H groups in total. The van der Waals surface area contributed by atoms with Crippen LogP contribution in [0.4, 0.5) is 0 Å². The second-order valence-corrected chi connectivity index (χ2v) is 10.4. The summed E-state index contributed by atoms with van der Waals surface area (Å²) >= 11 is 0. The first-order chi connectivity index (χ1) is 13.5. The number of carbonyl (C=O) groups is 1. The summed E-state index contributed by atoms with van der Waals surface area (Å²) in [6.45, 7) is 12.3. The van der Waals surface area contributed by atoms with Gasteiger partial charge in [0.15, 0.2) is 0 Å². The maximum absolute atomic E-state index is 12.6. The molecular formula is C24H37BO4. The Bertz CT molecular complexity index is 703. The topological polar surface area (TPSA) is 44.8 Å². The third-order valence-electron chi connectivity index (χ3n) is 6.87. The molecule has 1 aliphatic carbocycles. The van der Waals surface area contributed by atoms with E-state index in [2.05, 4.69) is 52.0 Å². The van der Waals surface area contributed by atoms with Gasteiger partial charge in [0.05, 0.1) is 16.6 Å². The number of aryl methyl sites for hydroxylation is 1. The van der Waals surface area contributed by atoms with Crippen molar-refractivity contribution in [2.45, 2.75) is 104 Å². The molecule has 160 valence electrons. The molecule has 1 aromatic rings. The predicted octanol–water partition coefficient (Wildman–Crippen LogP) is 4.82. The fourth-order valence-electron chi connectivity index (χ4n) is 4.03. The normalized spacial score (nSPS) is 21.5. The third-order valence-corrected chi connectivity index (χ3v) is 6.87. The summed E-state index contributed by atoms with van der Waals surface area (Å²) in [5.41, 5.74) is 1.19. The minimum absolute atomic E-state index is 0.0460. The van der Waals surface area contributed by atoms with Gasteiger partial charge in [0.25, 0.3) is 0 Å². The van der Waals surface area contributed by atoms with Crippen molar-refractivity contribution in [3.63, 3.8) is 0 Å². The van der Waals surface area contributed by atoms with Crippen molar-refractivity contribution in [3.8, 4) is 0 Å². The Morgan fingerprint density at radius 2 is 1.76 bits per heavy atom.